The molecular weight excluding hydrogens is 306 g/mol. The molecule has 0 saturated heterocycles. The summed E-state index contributed by atoms with van der Waals surface area (Å²) in [6.45, 7) is 6.45. The second kappa shape index (κ2) is 8.06. The van der Waals surface area contributed by atoms with E-state index in [1.165, 1.54) is 10.9 Å². The van der Waals surface area contributed by atoms with Crippen LogP contribution in [0.5, 0.6) is 0 Å². The normalized spacial score (nSPS) is 13.7. The number of hydrogen-bond acceptors (Lipinski definition) is 4. The van der Waals surface area contributed by atoms with Crippen molar-refractivity contribution in [2.75, 3.05) is 6.54 Å². The monoisotopic (exact) mass is 331 g/mol. The number of carbonyl (C=O) groups is 1. The van der Waals surface area contributed by atoms with Crippen LogP contribution in [0, 0.1) is 12.8 Å². The van der Waals surface area contributed by atoms with E-state index in [1.54, 1.807) is 13.0 Å². The highest BCUT2D eigenvalue weighted by Crippen LogP contribution is 2.11. The molecule has 1 aromatic heterocycles. The molecule has 0 bridgehead atoms. The summed E-state index contributed by atoms with van der Waals surface area (Å²) in [6, 6.07) is 5.51. The number of para-hydroxylation sites is 1. The first-order valence-electron chi connectivity index (χ1n) is 8.28. The fraction of sp³-hybridized carbons (Fsp3) is 0.500. The first-order valence-corrected chi connectivity index (χ1v) is 8.28. The van der Waals surface area contributed by atoms with Gasteiger partial charge < -0.3 is 10.4 Å². The number of benzene rings is 1. The Morgan fingerprint density at radius 2 is 2.12 bits per heavy atom. The van der Waals surface area contributed by atoms with Crippen molar-refractivity contribution in [1.82, 2.24) is 14.9 Å². The smallest absolute Gasteiger partial charge is 0.261 e. The summed E-state index contributed by atoms with van der Waals surface area (Å²) < 4.78 is 1.47. The maximum Gasteiger partial charge on any atom is 0.261 e. The Morgan fingerprint density at radius 3 is 2.83 bits per heavy atom. The minimum absolute atomic E-state index is 0.108. The molecule has 0 radical (unpaired) electrons. The number of nitrogens with one attached hydrogen (secondary N) is 1. The Kier molecular flexibility index (Phi) is 6.09. The molecule has 0 spiro atoms. The van der Waals surface area contributed by atoms with E-state index in [2.05, 4.69) is 10.3 Å². The van der Waals surface area contributed by atoms with Gasteiger partial charge in [-0.3, -0.25) is 14.2 Å². The zero-order valence-corrected chi connectivity index (χ0v) is 14.5. The van der Waals surface area contributed by atoms with Crippen molar-refractivity contribution in [1.29, 1.82) is 0 Å². The molecule has 24 heavy (non-hydrogen) atoms. The van der Waals surface area contributed by atoms with Gasteiger partial charge in [-0.1, -0.05) is 19.1 Å². The van der Waals surface area contributed by atoms with Crippen molar-refractivity contribution >= 4 is 16.8 Å². The van der Waals surface area contributed by atoms with Gasteiger partial charge in [-0.2, -0.15) is 0 Å². The maximum absolute atomic E-state index is 12.4. The number of aromatic nitrogens is 2. The van der Waals surface area contributed by atoms with Crippen LogP contribution in [-0.4, -0.2) is 33.2 Å². The van der Waals surface area contributed by atoms with E-state index < -0.39 is 0 Å². The van der Waals surface area contributed by atoms with E-state index in [-0.39, 0.29) is 29.9 Å². The summed E-state index contributed by atoms with van der Waals surface area (Å²) in [4.78, 5) is 28.7. The van der Waals surface area contributed by atoms with Gasteiger partial charge in [0.1, 0.15) is 0 Å². The molecule has 2 N–H and O–H groups in total. The average Bonchev–Trinajstić information content (AvgIpc) is 2.52. The third kappa shape index (κ3) is 4.64. The van der Waals surface area contributed by atoms with E-state index in [4.69, 9.17) is 0 Å². The summed E-state index contributed by atoms with van der Waals surface area (Å²) in [5.41, 5.74) is 1.54. The first-order chi connectivity index (χ1) is 11.4. The fourth-order valence-electron chi connectivity index (χ4n) is 2.76. The summed E-state index contributed by atoms with van der Waals surface area (Å²) in [5.74, 6) is 0.102. The van der Waals surface area contributed by atoms with Crippen LogP contribution in [0.3, 0.4) is 0 Å². The van der Waals surface area contributed by atoms with Crippen LogP contribution in [0.4, 0.5) is 0 Å². The van der Waals surface area contributed by atoms with Crippen molar-refractivity contribution in [3.05, 3.63) is 40.4 Å². The van der Waals surface area contributed by atoms with E-state index in [0.717, 1.165) is 5.56 Å². The molecule has 0 saturated carbocycles. The molecular formula is C18H25N3O3. The number of amides is 1. The number of nitrogens with zero attached hydrogens (tertiary/aromatic N) is 2. The van der Waals surface area contributed by atoms with Crippen LogP contribution in [0.1, 0.15) is 32.3 Å². The number of rotatable bonds is 7. The number of aliphatic hydroxyl groups is 1. The van der Waals surface area contributed by atoms with Crippen LogP contribution < -0.4 is 10.9 Å². The van der Waals surface area contributed by atoms with Gasteiger partial charge >= 0.3 is 0 Å². The van der Waals surface area contributed by atoms with E-state index >= 15 is 0 Å². The minimum Gasteiger partial charge on any atom is -0.393 e. The van der Waals surface area contributed by atoms with Crippen molar-refractivity contribution in [3.63, 3.8) is 0 Å². The second-order valence-corrected chi connectivity index (χ2v) is 6.46. The zero-order valence-electron chi connectivity index (χ0n) is 14.5. The highest BCUT2D eigenvalue weighted by molar-refractivity contribution is 5.80. The van der Waals surface area contributed by atoms with Crippen molar-refractivity contribution in [2.45, 2.75) is 46.3 Å². The Morgan fingerprint density at radius 1 is 1.38 bits per heavy atom. The van der Waals surface area contributed by atoms with E-state index in [0.29, 0.717) is 30.4 Å². The largest absolute Gasteiger partial charge is 0.393 e. The molecule has 0 fully saturated rings. The fourth-order valence-corrected chi connectivity index (χ4v) is 2.76. The third-order valence-electron chi connectivity index (χ3n) is 4.03. The lowest BCUT2D eigenvalue weighted by atomic mass is 10.0. The molecule has 2 atom stereocenters. The van der Waals surface area contributed by atoms with Gasteiger partial charge in [-0.15, -0.1) is 0 Å². The van der Waals surface area contributed by atoms with Gasteiger partial charge in [0.15, 0.2) is 0 Å². The number of carbonyl (C=O) groups excluding carboxylic acids is 1. The topological polar surface area (TPSA) is 84.2 Å². The molecule has 130 valence electrons. The Hall–Kier alpha value is -2.21. The van der Waals surface area contributed by atoms with Crippen LogP contribution in [-0.2, 0) is 11.3 Å². The lowest BCUT2D eigenvalue weighted by Gasteiger charge is -2.14. The maximum atomic E-state index is 12.4. The molecule has 6 nitrogen and oxygen atoms in total. The summed E-state index contributed by atoms with van der Waals surface area (Å²) in [6.07, 6.45) is 2.00. The number of aryl methyl sites for hydroxylation is 2. The van der Waals surface area contributed by atoms with Gasteiger partial charge in [0.25, 0.3) is 5.56 Å². The summed E-state index contributed by atoms with van der Waals surface area (Å²) in [5, 5.41) is 12.7. The molecule has 6 heteroatoms. The summed E-state index contributed by atoms with van der Waals surface area (Å²) in [7, 11) is 0. The lowest BCUT2D eigenvalue weighted by Crippen LogP contribution is -2.31. The van der Waals surface area contributed by atoms with Gasteiger partial charge in [0.05, 0.1) is 23.3 Å². The van der Waals surface area contributed by atoms with Gasteiger partial charge in [0, 0.05) is 19.5 Å². The van der Waals surface area contributed by atoms with Crippen LogP contribution in [0.25, 0.3) is 10.9 Å². The van der Waals surface area contributed by atoms with Gasteiger partial charge in [0.2, 0.25) is 5.91 Å². The summed E-state index contributed by atoms with van der Waals surface area (Å²) >= 11 is 0. The number of fused-ring (bicyclic) bond motifs is 1. The molecule has 0 aliphatic heterocycles. The highest BCUT2D eigenvalue weighted by atomic mass is 16.3. The zero-order chi connectivity index (χ0) is 17.7. The minimum atomic E-state index is -0.373. The molecule has 0 aliphatic carbocycles. The van der Waals surface area contributed by atoms with Crippen molar-refractivity contribution < 1.29 is 9.90 Å². The molecule has 2 unspecified atom stereocenters. The average molecular weight is 331 g/mol. The van der Waals surface area contributed by atoms with Crippen LogP contribution >= 0.6 is 0 Å². The third-order valence-corrected chi connectivity index (χ3v) is 4.03. The SMILES string of the molecule is Cc1cccc2c(=O)n(CCC(=O)NCC(C)CC(C)O)cnc12. The number of hydrogen-bond donors (Lipinski definition) is 2. The second-order valence-electron chi connectivity index (χ2n) is 6.46. The Bertz CT molecular complexity index is 768. The quantitative estimate of drug-likeness (QED) is 0.807. The molecule has 2 aromatic rings. The Labute approximate surface area is 141 Å². The lowest BCUT2D eigenvalue weighted by molar-refractivity contribution is -0.121. The van der Waals surface area contributed by atoms with E-state index in [1.807, 2.05) is 26.0 Å². The molecule has 0 aliphatic rings. The molecule has 1 amide bonds. The van der Waals surface area contributed by atoms with Gasteiger partial charge in [-0.25, -0.2) is 4.98 Å². The van der Waals surface area contributed by atoms with Gasteiger partial charge in [-0.05, 0) is 37.8 Å². The molecule has 1 heterocycles. The van der Waals surface area contributed by atoms with Crippen LogP contribution in [0.2, 0.25) is 0 Å². The van der Waals surface area contributed by atoms with E-state index in [9.17, 15) is 14.7 Å². The van der Waals surface area contributed by atoms with Crippen molar-refractivity contribution in [3.8, 4) is 0 Å². The standard InChI is InChI=1S/C18H25N3O3/c1-12(9-14(3)22)10-19-16(23)7-8-21-11-20-17-13(2)5-4-6-15(17)18(21)24/h4-6,11-12,14,22H,7-10H2,1-3H3,(H,19,23). The molecule has 2 rings (SSSR count). The molecule has 1 aromatic carbocycles. The van der Waals surface area contributed by atoms with Crippen LogP contribution in [0.15, 0.2) is 29.3 Å². The first kappa shape index (κ1) is 18.1. The predicted molar refractivity (Wildman–Crippen MR) is 93.8 cm³/mol. The van der Waals surface area contributed by atoms with Crippen molar-refractivity contribution in [2.24, 2.45) is 5.92 Å². The Balaban J connectivity index is 1.95. The number of aliphatic hydroxyl groups excluding tert-OH is 1. The predicted octanol–water partition coefficient (Wildman–Crippen LogP) is 1.62. The highest BCUT2D eigenvalue weighted by Gasteiger charge is 2.10.